The van der Waals surface area contributed by atoms with Gasteiger partial charge >= 0.3 is 5.97 Å². The second kappa shape index (κ2) is 4.57. The Morgan fingerprint density at radius 2 is 2.29 bits per heavy atom. The van der Waals surface area contributed by atoms with Gasteiger partial charge in [-0.3, -0.25) is 0 Å². The van der Waals surface area contributed by atoms with Crippen LogP contribution in [0.3, 0.4) is 0 Å². The number of rotatable bonds is 2. The van der Waals surface area contributed by atoms with Crippen LogP contribution in [0.2, 0.25) is 0 Å². The van der Waals surface area contributed by atoms with Crippen LogP contribution in [0.25, 0.3) is 6.08 Å². The van der Waals surface area contributed by atoms with E-state index >= 15 is 0 Å². The predicted octanol–water partition coefficient (Wildman–Crippen LogP) is 2.51. The molecule has 0 radical (unpaired) electrons. The maximum Gasteiger partial charge on any atom is 0.335 e. The summed E-state index contributed by atoms with van der Waals surface area (Å²) in [5.74, 6) is -0.692. The van der Waals surface area contributed by atoms with Gasteiger partial charge in [0.05, 0.1) is 12.2 Å². The normalized spacial score (nSPS) is 13.5. The lowest BCUT2D eigenvalue weighted by molar-refractivity contribution is -0.138. The molecule has 0 saturated heterocycles. The zero-order valence-corrected chi connectivity index (χ0v) is 9.84. The van der Waals surface area contributed by atoms with Crippen molar-refractivity contribution in [1.82, 2.24) is 0 Å². The molecule has 17 heavy (non-hydrogen) atoms. The minimum Gasteiger partial charge on any atom is -0.463 e. The highest BCUT2D eigenvalue weighted by atomic mass is 19.1. The first-order valence-corrected chi connectivity index (χ1v) is 5.54. The Bertz CT molecular complexity index is 494. The molecule has 0 aliphatic carbocycles. The molecule has 0 fully saturated rings. The fourth-order valence-corrected chi connectivity index (χ4v) is 1.77. The Hall–Kier alpha value is -1.84. The summed E-state index contributed by atoms with van der Waals surface area (Å²) >= 11 is 0. The van der Waals surface area contributed by atoms with Gasteiger partial charge in [-0.05, 0) is 31.6 Å². The van der Waals surface area contributed by atoms with Gasteiger partial charge in [-0.1, -0.05) is 6.07 Å². The number of aryl methyl sites for hydroxylation is 1. The van der Waals surface area contributed by atoms with Crippen molar-refractivity contribution in [3.8, 4) is 0 Å². The van der Waals surface area contributed by atoms with Crippen LogP contribution in [0.1, 0.15) is 18.1 Å². The summed E-state index contributed by atoms with van der Waals surface area (Å²) in [7, 11) is 0. The van der Waals surface area contributed by atoms with Crippen molar-refractivity contribution in [3.63, 3.8) is 0 Å². The topological polar surface area (TPSA) is 38.3 Å². The van der Waals surface area contributed by atoms with Gasteiger partial charge < -0.3 is 10.1 Å². The van der Waals surface area contributed by atoms with Crippen LogP contribution >= 0.6 is 0 Å². The number of carbonyl (C=O) groups excluding carboxylic acids is 1. The Kier molecular flexibility index (Phi) is 3.13. The third-order valence-electron chi connectivity index (χ3n) is 2.70. The van der Waals surface area contributed by atoms with Crippen LogP contribution in [-0.4, -0.2) is 19.1 Å². The highest BCUT2D eigenvalue weighted by Crippen LogP contribution is 2.28. The number of anilines is 1. The van der Waals surface area contributed by atoms with Crippen molar-refractivity contribution >= 4 is 17.7 Å². The number of carbonyl (C=O) groups is 1. The molecule has 1 aliphatic heterocycles. The molecule has 1 aromatic rings. The number of esters is 1. The quantitative estimate of drug-likeness (QED) is 0.800. The summed E-state index contributed by atoms with van der Waals surface area (Å²) in [5, 5.41) is 3.01. The summed E-state index contributed by atoms with van der Waals surface area (Å²) in [4.78, 5) is 11.6. The number of halogens is 1. The van der Waals surface area contributed by atoms with Crippen molar-refractivity contribution in [2.45, 2.75) is 13.8 Å². The molecule has 0 saturated carbocycles. The van der Waals surface area contributed by atoms with Crippen LogP contribution in [0.15, 0.2) is 17.7 Å². The molecule has 2 rings (SSSR count). The monoisotopic (exact) mass is 235 g/mol. The van der Waals surface area contributed by atoms with Crippen molar-refractivity contribution in [2.75, 3.05) is 18.5 Å². The van der Waals surface area contributed by atoms with Crippen LogP contribution in [-0.2, 0) is 9.53 Å². The summed E-state index contributed by atoms with van der Waals surface area (Å²) in [6.07, 6.45) is 1.56. The van der Waals surface area contributed by atoms with E-state index in [2.05, 4.69) is 5.32 Å². The molecule has 0 bridgehead atoms. The van der Waals surface area contributed by atoms with Gasteiger partial charge in [-0.15, -0.1) is 0 Å². The lowest BCUT2D eigenvalue weighted by atomic mass is 10.0. The standard InChI is InChI=1S/C13H14FNO2/c1-3-17-13(16)9-6-10-11(15-7-9)5-4-8(2)12(10)14/h4-6,15H,3,7H2,1-2H3. The van der Waals surface area contributed by atoms with Crippen molar-refractivity contribution in [2.24, 2.45) is 0 Å². The third kappa shape index (κ3) is 2.16. The second-order valence-corrected chi connectivity index (χ2v) is 3.90. The number of hydrogen-bond donors (Lipinski definition) is 1. The van der Waals surface area contributed by atoms with Crippen LogP contribution in [0.5, 0.6) is 0 Å². The van der Waals surface area contributed by atoms with Crippen LogP contribution < -0.4 is 5.32 Å². The molecule has 0 atom stereocenters. The predicted molar refractivity (Wildman–Crippen MR) is 64.2 cm³/mol. The highest BCUT2D eigenvalue weighted by Gasteiger charge is 2.19. The van der Waals surface area contributed by atoms with Crippen LogP contribution in [0, 0.1) is 12.7 Å². The second-order valence-electron chi connectivity index (χ2n) is 3.90. The van der Waals surface area contributed by atoms with Gasteiger partial charge in [-0.25, -0.2) is 9.18 Å². The molecule has 90 valence electrons. The molecule has 0 amide bonds. The van der Waals surface area contributed by atoms with Gasteiger partial charge in [0.15, 0.2) is 0 Å². The number of nitrogens with one attached hydrogen (secondary N) is 1. The van der Waals surface area contributed by atoms with E-state index in [1.54, 1.807) is 26.0 Å². The fourth-order valence-electron chi connectivity index (χ4n) is 1.77. The van der Waals surface area contributed by atoms with Gasteiger partial charge in [-0.2, -0.15) is 0 Å². The maximum atomic E-state index is 13.9. The lowest BCUT2D eigenvalue weighted by Gasteiger charge is -2.18. The van der Waals surface area contributed by atoms with Gasteiger partial charge in [0.1, 0.15) is 5.82 Å². The molecule has 1 N–H and O–H groups in total. The number of hydrogen-bond acceptors (Lipinski definition) is 3. The molecule has 1 heterocycles. The molecule has 0 spiro atoms. The van der Waals surface area contributed by atoms with E-state index in [4.69, 9.17) is 4.74 Å². The maximum absolute atomic E-state index is 13.9. The Balaban J connectivity index is 2.40. The number of ether oxygens (including phenoxy) is 1. The molecule has 0 aromatic heterocycles. The van der Waals surface area contributed by atoms with Gasteiger partial charge in [0.25, 0.3) is 0 Å². The zero-order valence-electron chi connectivity index (χ0n) is 9.84. The van der Waals surface area contributed by atoms with E-state index in [9.17, 15) is 9.18 Å². The summed E-state index contributed by atoms with van der Waals surface area (Å²) < 4.78 is 18.8. The summed E-state index contributed by atoms with van der Waals surface area (Å²) in [6, 6.07) is 3.52. The molecule has 3 nitrogen and oxygen atoms in total. The highest BCUT2D eigenvalue weighted by molar-refractivity contribution is 5.97. The number of fused-ring (bicyclic) bond motifs is 1. The SMILES string of the molecule is CCOC(=O)C1=Cc2c(ccc(C)c2F)NC1. The Morgan fingerprint density at radius 1 is 1.53 bits per heavy atom. The van der Waals surface area contributed by atoms with Gasteiger partial charge in [0, 0.05) is 17.8 Å². The first-order chi connectivity index (χ1) is 8.13. The molecular formula is C13H14FNO2. The third-order valence-corrected chi connectivity index (χ3v) is 2.70. The summed E-state index contributed by atoms with van der Waals surface area (Å²) in [5.41, 5.74) is 2.15. The largest absolute Gasteiger partial charge is 0.463 e. The van der Waals surface area contributed by atoms with Gasteiger partial charge in [0.2, 0.25) is 0 Å². The average Bonchev–Trinajstić information content (AvgIpc) is 2.34. The minimum atomic E-state index is -0.397. The molecule has 1 aliphatic rings. The van der Waals surface area contributed by atoms with E-state index in [-0.39, 0.29) is 5.82 Å². The minimum absolute atomic E-state index is 0.295. The van der Waals surface area contributed by atoms with Crippen molar-refractivity contribution in [3.05, 3.63) is 34.6 Å². The average molecular weight is 235 g/mol. The molecule has 1 aromatic carbocycles. The first kappa shape index (κ1) is 11.6. The number of benzene rings is 1. The lowest BCUT2D eigenvalue weighted by Crippen LogP contribution is -2.19. The van der Waals surface area contributed by atoms with Crippen molar-refractivity contribution < 1.29 is 13.9 Å². The van der Waals surface area contributed by atoms with E-state index < -0.39 is 5.97 Å². The van der Waals surface area contributed by atoms with E-state index in [0.29, 0.717) is 35.5 Å². The summed E-state index contributed by atoms with van der Waals surface area (Å²) in [6.45, 7) is 4.13. The van der Waals surface area contributed by atoms with Crippen LogP contribution in [0.4, 0.5) is 10.1 Å². The molecule has 4 heteroatoms. The molecule has 0 unspecified atom stereocenters. The Morgan fingerprint density at radius 3 is 3.00 bits per heavy atom. The van der Waals surface area contributed by atoms with Crippen molar-refractivity contribution in [1.29, 1.82) is 0 Å². The van der Waals surface area contributed by atoms with E-state index in [1.807, 2.05) is 6.07 Å². The first-order valence-electron chi connectivity index (χ1n) is 5.54. The van der Waals surface area contributed by atoms with E-state index in [0.717, 1.165) is 0 Å². The smallest absolute Gasteiger partial charge is 0.335 e. The zero-order chi connectivity index (χ0) is 12.4. The Labute approximate surface area is 99.3 Å². The fraction of sp³-hybridized carbons (Fsp3) is 0.308. The van der Waals surface area contributed by atoms with E-state index in [1.165, 1.54) is 0 Å². The molecular weight excluding hydrogens is 221 g/mol.